The highest BCUT2D eigenvalue weighted by Gasteiger charge is 2.22. The number of thioether (sulfide) groups is 1. The molecule has 0 saturated carbocycles. The number of carbonyl (C=O) groups is 1. The van der Waals surface area contributed by atoms with Gasteiger partial charge >= 0.3 is 0 Å². The van der Waals surface area contributed by atoms with E-state index in [2.05, 4.69) is 10.6 Å². The van der Waals surface area contributed by atoms with Gasteiger partial charge in [-0.1, -0.05) is 6.92 Å². The Kier molecular flexibility index (Phi) is 6.20. The standard InChI is InChI=1S/C14H23N3O2S2/c1-3-6-16-13(18)11-10(15)12(20-2)14(21-11)17-8-9-5-4-7-19-9/h9,17H,3-8,15H2,1-2H3,(H,16,18). The normalized spacial score (nSPS) is 17.9. The number of hydrogen-bond acceptors (Lipinski definition) is 6. The van der Waals surface area contributed by atoms with Crippen LogP contribution in [-0.2, 0) is 4.74 Å². The topological polar surface area (TPSA) is 76.4 Å². The zero-order valence-electron chi connectivity index (χ0n) is 12.5. The van der Waals surface area contributed by atoms with Crippen LogP contribution in [0.25, 0.3) is 0 Å². The molecule has 2 rings (SSSR count). The van der Waals surface area contributed by atoms with Gasteiger partial charge < -0.3 is 21.1 Å². The summed E-state index contributed by atoms with van der Waals surface area (Å²) in [5.74, 6) is -0.0835. The van der Waals surface area contributed by atoms with Crippen molar-refractivity contribution in [1.82, 2.24) is 5.32 Å². The van der Waals surface area contributed by atoms with Gasteiger partial charge in [0, 0.05) is 19.7 Å². The van der Waals surface area contributed by atoms with Gasteiger partial charge in [-0.2, -0.15) is 0 Å². The quantitative estimate of drug-likeness (QED) is 0.671. The van der Waals surface area contributed by atoms with Gasteiger partial charge in [0.1, 0.15) is 9.88 Å². The van der Waals surface area contributed by atoms with E-state index in [0.29, 0.717) is 17.1 Å². The fraction of sp³-hybridized carbons (Fsp3) is 0.643. The summed E-state index contributed by atoms with van der Waals surface area (Å²) >= 11 is 3.00. The summed E-state index contributed by atoms with van der Waals surface area (Å²) < 4.78 is 5.61. The SMILES string of the molecule is CCCNC(=O)c1sc(NCC2CCCO2)c(SC)c1N. The van der Waals surface area contributed by atoms with Crippen molar-refractivity contribution in [2.75, 3.05) is 37.0 Å². The summed E-state index contributed by atoms with van der Waals surface area (Å²) in [6, 6.07) is 0. The number of nitrogens with two attached hydrogens (primary N) is 1. The first-order valence-corrected chi connectivity index (χ1v) is 9.31. The van der Waals surface area contributed by atoms with Gasteiger partial charge in [0.05, 0.1) is 16.7 Å². The van der Waals surface area contributed by atoms with Crippen molar-refractivity contribution in [2.45, 2.75) is 37.2 Å². The van der Waals surface area contributed by atoms with Crippen LogP contribution >= 0.6 is 23.1 Å². The third-order valence-corrected chi connectivity index (χ3v) is 5.48. The van der Waals surface area contributed by atoms with Crippen LogP contribution in [0, 0.1) is 0 Å². The van der Waals surface area contributed by atoms with E-state index in [9.17, 15) is 4.79 Å². The lowest BCUT2D eigenvalue weighted by Crippen LogP contribution is -2.23. The number of nitrogens with one attached hydrogen (secondary N) is 2. The zero-order valence-corrected chi connectivity index (χ0v) is 14.2. The van der Waals surface area contributed by atoms with E-state index < -0.39 is 0 Å². The van der Waals surface area contributed by atoms with E-state index in [1.54, 1.807) is 11.8 Å². The van der Waals surface area contributed by atoms with Crippen molar-refractivity contribution in [3.8, 4) is 0 Å². The summed E-state index contributed by atoms with van der Waals surface area (Å²) in [6.45, 7) is 4.31. The van der Waals surface area contributed by atoms with Crippen molar-refractivity contribution in [3.63, 3.8) is 0 Å². The Morgan fingerprint density at radius 1 is 1.57 bits per heavy atom. The van der Waals surface area contributed by atoms with Crippen LogP contribution in [0.15, 0.2) is 4.90 Å². The molecule has 1 saturated heterocycles. The highest BCUT2D eigenvalue weighted by molar-refractivity contribution is 7.99. The number of nitrogen functional groups attached to an aromatic ring is 1. The molecule has 1 atom stereocenters. The van der Waals surface area contributed by atoms with Gasteiger partial charge in [0.25, 0.3) is 5.91 Å². The molecule has 7 heteroatoms. The molecule has 0 spiro atoms. The number of rotatable bonds is 7. The largest absolute Gasteiger partial charge is 0.396 e. The summed E-state index contributed by atoms with van der Waals surface area (Å²) in [4.78, 5) is 13.7. The van der Waals surface area contributed by atoms with Gasteiger partial charge in [0.15, 0.2) is 0 Å². The maximum Gasteiger partial charge on any atom is 0.263 e. The van der Waals surface area contributed by atoms with E-state index in [-0.39, 0.29) is 12.0 Å². The van der Waals surface area contributed by atoms with Crippen LogP contribution in [0.2, 0.25) is 0 Å². The molecule has 0 radical (unpaired) electrons. The molecule has 1 fully saturated rings. The van der Waals surface area contributed by atoms with Gasteiger partial charge in [-0.05, 0) is 25.5 Å². The van der Waals surface area contributed by atoms with Gasteiger partial charge in [-0.3, -0.25) is 4.79 Å². The minimum atomic E-state index is -0.0835. The van der Waals surface area contributed by atoms with Crippen molar-refractivity contribution in [2.24, 2.45) is 0 Å². The lowest BCUT2D eigenvalue weighted by Gasteiger charge is -2.11. The third-order valence-electron chi connectivity index (χ3n) is 3.36. The third kappa shape index (κ3) is 4.05. The maximum atomic E-state index is 12.1. The molecule has 1 aliphatic rings. The van der Waals surface area contributed by atoms with E-state index in [0.717, 1.165) is 42.3 Å². The molecule has 4 N–H and O–H groups in total. The van der Waals surface area contributed by atoms with Crippen molar-refractivity contribution in [3.05, 3.63) is 4.88 Å². The second-order valence-corrected chi connectivity index (χ2v) is 6.82. The molecule has 21 heavy (non-hydrogen) atoms. The number of thiophene rings is 1. The number of carbonyl (C=O) groups excluding carboxylic acids is 1. The Labute approximate surface area is 134 Å². The maximum absolute atomic E-state index is 12.1. The fourth-order valence-corrected chi connectivity index (χ4v) is 4.21. The van der Waals surface area contributed by atoms with Crippen LogP contribution in [-0.4, -0.2) is 38.0 Å². The van der Waals surface area contributed by atoms with Crippen molar-refractivity contribution < 1.29 is 9.53 Å². The number of ether oxygens (including phenoxy) is 1. The molecule has 1 amide bonds. The van der Waals surface area contributed by atoms with Crippen molar-refractivity contribution >= 4 is 39.7 Å². The Morgan fingerprint density at radius 3 is 3.00 bits per heavy atom. The smallest absolute Gasteiger partial charge is 0.263 e. The van der Waals surface area contributed by atoms with Crippen LogP contribution in [0.5, 0.6) is 0 Å². The molecule has 118 valence electrons. The lowest BCUT2D eigenvalue weighted by molar-refractivity contribution is 0.0958. The molecule has 2 heterocycles. The van der Waals surface area contributed by atoms with Gasteiger partial charge in [-0.25, -0.2) is 0 Å². The van der Waals surface area contributed by atoms with E-state index >= 15 is 0 Å². The average molecular weight is 329 g/mol. The Bertz CT molecular complexity index is 485. The monoisotopic (exact) mass is 329 g/mol. The molecule has 5 nitrogen and oxygen atoms in total. The lowest BCUT2D eigenvalue weighted by atomic mass is 10.2. The second kappa shape index (κ2) is 7.91. The number of hydrogen-bond donors (Lipinski definition) is 3. The summed E-state index contributed by atoms with van der Waals surface area (Å²) in [5.41, 5.74) is 6.71. The van der Waals surface area contributed by atoms with Gasteiger partial charge in [-0.15, -0.1) is 23.1 Å². The predicted octanol–water partition coefficient (Wildman–Crippen LogP) is 2.78. The Hall–Kier alpha value is -0.920. The Balaban J connectivity index is 2.07. The summed E-state index contributed by atoms with van der Waals surface area (Å²) in [7, 11) is 0. The first-order valence-electron chi connectivity index (χ1n) is 7.27. The van der Waals surface area contributed by atoms with Crippen LogP contribution in [0.1, 0.15) is 35.9 Å². The molecule has 1 aromatic heterocycles. The molecule has 0 aliphatic carbocycles. The number of amides is 1. The fourth-order valence-electron chi connectivity index (χ4n) is 2.25. The zero-order chi connectivity index (χ0) is 15.2. The molecular formula is C14H23N3O2S2. The van der Waals surface area contributed by atoms with E-state index in [1.807, 2.05) is 13.2 Å². The number of anilines is 2. The molecule has 1 unspecified atom stereocenters. The first-order chi connectivity index (χ1) is 10.2. The molecule has 0 bridgehead atoms. The molecule has 1 aliphatic heterocycles. The minimum Gasteiger partial charge on any atom is -0.396 e. The van der Waals surface area contributed by atoms with Crippen LogP contribution in [0.4, 0.5) is 10.7 Å². The van der Waals surface area contributed by atoms with Crippen LogP contribution < -0.4 is 16.4 Å². The minimum absolute atomic E-state index is 0.0835. The average Bonchev–Trinajstić information content (AvgIpc) is 3.10. The van der Waals surface area contributed by atoms with E-state index in [1.165, 1.54) is 11.3 Å². The summed E-state index contributed by atoms with van der Waals surface area (Å²) in [6.07, 6.45) is 5.37. The Morgan fingerprint density at radius 2 is 2.38 bits per heavy atom. The van der Waals surface area contributed by atoms with Gasteiger partial charge in [0.2, 0.25) is 0 Å². The van der Waals surface area contributed by atoms with Crippen LogP contribution in [0.3, 0.4) is 0 Å². The molecule has 1 aromatic rings. The first kappa shape index (κ1) is 16.5. The highest BCUT2D eigenvalue weighted by Crippen LogP contribution is 2.41. The van der Waals surface area contributed by atoms with Crippen molar-refractivity contribution in [1.29, 1.82) is 0 Å². The second-order valence-electron chi connectivity index (χ2n) is 4.98. The predicted molar refractivity (Wildman–Crippen MR) is 90.6 cm³/mol. The highest BCUT2D eigenvalue weighted by atomic mass is 32.2. The molecular weight excluding hydrogens is 306 g/mol. The summed E-state index contributed by atoms with van der Waals surface area (Å²) in [5, 5.41) is 7.24. The van der Waals surface area contributed by atoms with E-state index in [4.69, 9.17) is 10.5 Å². The molecule has 0 aromatic carbocycles.